The Morgan fingerprint density at radius 1 is 0.653 bits per heavy atom. The smallest absolute Gasteiger partial charge is 0.175 e. The van der Waals surface area contributed by atoms with E-state index in [4.69, 9.17) is 0 Å². The number of hydrogen-bond donors (Lipinski definition) is 0. The molecular formula is C47H52SiZr. The molecule has 2 heteroatoms. The molecule has 6 aromatic carbocycles. The van der Waals surface area contributed by atoms with Gasteiger partial charge in [0.25, 0.3) is 0 Å². The fraction of sp³-hybridized carbons (Fsp3) is 0.298. The quantitative estimate of drug-likeness (QED) is 0.125. The second kappa shape index (κ2) is 16.7. The molecule has 0 aliphatic heterocycles. The summed E-state index contributed by atoms with van der Waals surface area (Å²) in [7, 11) is 1.08. The van der Waals surface area contributed by atoms with E-state index < -0.39 is 0 Å². The summed E-state index contributed by atoms with van der Waals surface area (Å²) >= 11 is 0. The van der Waals surface area contributed by atoms with Gasteiger partial charge in [0.15, 0.2) is 0 Å². The van der Waals surface area contributed by atoms with Crippen molar-refractivity contribution >= 4 is 20.3 Å². The van der Waals surface area contributed by atoms with Crippen molar-refractivity contribution in [3.8, 4) is 33.4 Å². The van der Waals surface area contributed by atoms with Crippen molar-refractivity contribution in [3.63, 3.8) is 0 Å². The van der Waals surface area contributed by atoms with E-state index in [9.17, 15) is 0 Å². The Balaban J connectivity index is 0.000000202. The minimum atomic E-state index is 0. The van der Waals surface area contributed by atoms with E-state index in [1.807, 2.05) is 0 Å². The van der Waals surface area contributed by atoms with Crippen molar-refractivity contribution in [1.29, 1.82) is 0 Å². The van der Waals surface area contributed by atoms with Crippen LogP contribution < -0.4 is 0 Å². The van der Waals surface area contributed by atoms with Crippen molar-refractivity contribution in [3.05, 3.63) is 149 Å². The summed E-state index contributed by atoms with van der Waals surface area (Å²) in [5.41, 5.74) is 15.3. The third kappa shape index (κ3) is 9.33. The van der Waals surface area contributed by atoms with Crippen LogP contribution in [0.1, 0.15) is 82.7 Å². The maximum absolute atomic E-state index is 3.67. The van der Waals surface area contributed by atoms with Gasteiger partial charge in [-0.05, 0) is 51.5 Å². The van der Waals surface area contributed by atoms with Crippen LogP contribution in [0.4, 0.5) is 0 Å². The molecule has 0 atom stereocenters. The molecule has 0 saturated carbocycles. The average molecular weight is 736 g/mol. The molecule has 0 saturated heterocycles. The molecule has 0 N–H and O–H groups in total. The minimum Gasteiger partial charge on any atom is -0.175 e. The summed E-state index contributed by atoms with van der Waals surface area (Å²) in [4.78, 5) is 0. The molecule has 1 aliphatic carbocycles. The molecule has 0 amide bonds. The van der Waals surface area contributed by atoms with Crippen molar-refractivity contribution in [2.75, 3.05) is 0 Å². The van der Waals surface area contributed by atoms with E-state index in [1.54, 1.807) is 0 Å². The standard InChI is InChI=1S/C24H21.C21H25.C2H6Si.Zr/c1-2-7-18-16-22-10-6-11-23(24(22)17-18)21-14-12-20(13-15-21)19-8-4-3-5-9-19;1-20(2,3)16-7-9-18-14(12-16)11-15-13-17(21(4,5)6)8-10-19(15)18;1-3-2;/h3-6,8-17H,2,7H2,1H3;7-10,12H,11H2,1-6H3;1-2H3;/q2*-1;;+2. The van der Waals surface area contributed by atoms with Gasteiger partial charge in [-0.1, -0.05) is 158 Å². The van der Waals surface area contributed by atoms with Gasteiger partial charge in [0.05, 0.1) is 0 Å². The van der Waals surface area contributed by atoms with E-state index in [1.165, 1.54) is 78.4 Å². The number of rotatable bonds is 4. The summed E-state index contributed by atoms with van der Waals surface area (Å²) in [5.74, 6) is 0. The summed E-state index contributed by atoms with van der Waals surface area (Å²) in [6.45, 7) is 20.1. The Morgan fingerprint density at radius 3 is 1.92 bits per heavy atom. The van der Waals surface area contributed by atoms with E-state index >= 15 is 0 Å². The van der Waals surface area contributed by atoms with Crippen LogP contribution >= 0.6 is 0 Å². The first-order chi connectivity index (χ1) is 22.9. The van der Waals surface area contributed by atoms with Crippen molar-refractivity contribution < 1.29 is 26.2 Å². The van der Waals surface area contributed by atoms with Gasteiger partial charge < -0.3 is 0 Å². The van der Waals surface area contributed by atoms with Gasteiger partial charge >= 0.3 is 26.2 Å². The summed E-state index contributed by atoms with van der Waals surface area (Å²) < 4.78 is 0. The first kappa shape index (κ1) is 38.6. The van der Waals surface area contributed by atoms with Crippen LogP contribution in [0.25, 0.3) is 44.2 Å². The number of fused-ring (bicyclic) bond motifs is 4. The predicted octanol–water partition coefficient (Wildman–Crippen LogP) is 13.3. The zero-order chi connectivity index (χ0) is 34.5. The Labute approximate surface area is 318 Å². The maximum Gasteiger partial charge on any atom is 2.00 e. The van der Waals surface area contributed by atoms with Gasteiger partial charge in [0.2, 0.25) is 0 Å². The number of hydrogen-bond acceptors (Lipinski definition) is 0. The van der Waals surface area contributed by atoms with Crippen LogP contribution in [0.15, 0.2) is 115 Å². The molecule has 1 aliphatic rings. The number of aryl methyl sites for hydroxylation is 1. The Morgan fingerprint density at radius 2 is 1.29 bits per heavy atom. The van der Waals surface area contributed by atoms with Gasteiger partial charge in [-0.3, -0.25) is 0 Å². The fourth-order valence-corrected chi connectivity index (χ4v) is 6.48. The topological polar surface area (TPSA) is 0 Å². The molecule has 0 spiro atoms. The normalized spacial score (nSPS) is 11.8. The van der Waals surface area contributed by atoms with Crippen LogP contribution in [0.2, 0.25) is 13.1 Å². The SMILES string of the molecule is CC(C)(C)c1[c-]c2c(cc1)-c1ccc(C(C)(C)C)cc1C2.CCCc1cc2c(-c3ccc(-c4ccccc4)cc3)cccc2[cH-]1.C[Si]C.[Zr+2]. The van der Waals surface area contributed by atoms with Crippen LogP contribution in [-0.4, -0.2) is 9.52 Å². The van der Waals surface area contributed by atoms with Crippen LogP contribution in [-0.2, 0) is 49.9 Å². The molecule has 0 heterocycles. The second-order valence-corrected chi connectivity index (χ2v) is 16.2. The summed E-state index contributed by atoms with van der Waals surface area (Å²) in [5, 5.41) is 2.72. The van der Waals surface area contributed by atoms with Crippen LogP contribution in [0.5, 0.6) is 0 Å². The maximum atomic E-state index is 3.67. The molecular weight excluding hydrogens is 684 g/mol. The first-order valence-electron chi connectivity index (χ1n) is 17.5. The second-order valence-electron chi connectivity index (χ2n) is 15.2. The Hall–Kier alpha value is -3.19. The van der Waals surface area contributed by atoms with E-state index in [-0.39, 0.29) is 37.0 Å². The molecule has 7 rings (SSSR count). The zero-order valence-corrected chi connectivity index (χ0v) is 34.5. The van der Waals surface area contributed by atoms with Gasteiger partial charge in [-0.2, -0.15) is 29.8 Å². The molecule has 0 fully saturated rings. The molecule has 0 aromatic heterocycles. The molecule has 0 nitrogen and oxygen atoms in total. The van der Waals surface area contributed by atoms with E-state index in [0.29, 0.717) is 0 Å². The predicted molar refractivity (Wildman–Crippen MR) is 213 cm³/mol. The van der Waals surface area contributed by atoms with Gasteiger partial charge in [-0.25, -0.2) is 0 Å². The molecule has 49 heavy (non-hydrogen) atoms. The average Bonchev–Trinajstić information content (AvgIpc) is 3.65. The fourth-order valence-electron chi connectivity index (χ4n) is 6.48. The van der Waals surface area contributed by atoms with Crippen molar-refractivity contribution in [1.82, 2.24) is 0 Å². The third-order valence-corrected chi connectivity index (χ3v) is 9.12. The Bertz CT molecular complexity index is 1890. The van der Waals surface area contributed by atoms with Gasteiger partial charge in [-0.15, -0.1) is 45.7 Å². The largest absolute Gasteiger partial charge is 2.00 e. The summed E-state index contributed by atoms with van der Waals surface area (Å²) in [6.07, 6.45) is 3.37. The number of benzene rings is 5. The molecule has 248 valence electrons. The van der Waals surface area contributed by atoms with Crippen LogP contribution in [0.3, 0.4) is 0 Å². The van der Waals surface area contributed by atoms with Crippen LogP contribution in [0, 0.1) is 6.07 Å². The van der Waals surface area contributed by atoms with E-state index in [2.05, 4.69) is 183 Å². The van der Waals surface area contributed by atoms with Gasteiger partial charge in [0.1, 0.15) is 0 Å². The molecule has 0 unspecified atom stereocenters. The molecule has 0 bridgehead atoms. The minimum absolute atomic E-state index is 0. The Kier molecular flexibility index (Phi) is 13.1. The monoisotopic (exact) mass is 734 g/mol. The third-order valence-electron chi connectivity index (χ3n) is 9.12. The van der Waals surface area contributed by atoms with E-state index in [0.717, 1.165) is 22.4 Å². The first-order valence-corrected chi connectivity index (χ1v) is 19.5. The van der Waals surface area contributed by atoms with Crippen molar-refractivity contribution in [2.45, 2.75) is 91.7 Å². The zero-order valence-electron chi connectivity index (χ0n) is 31.1. The molecule has 6 aromatic rings. The van der Waals surface area contributed by atoms with Gasteiger partial charge in [0, 0.05) is 9.52 Å². The van der Waals surface area contributed by atoms with Crippen molar-refractivity contribution in [2.24, 2.45) is 0 Å². The molecule has 2 radical (unpaired) electrons. The summed E-state index contributed by atoms with van der Waals surface area (Å²) in [6, 6.07) is 45.9.